The molecule has 3 aliphatic heterocycles. The number of fused-ring (bicyclic) bond motifs is 1. The third-order valence-corrected chi connectivity index (χ3v) is 11.0. The van der Waals surface area contributed by atoms with E-state index in [-0.39, 0.29) is 53.9 Å². The quantitative estimate of drug-likeness (QED) is 0.237. The SMILES string of the molecule is CCOC(=O)C1=C(C(=O)OCC)C2N(Cc3ccc(C#N)cc3)c3ccccc3[C@@]23C[C@@H](C(=O)OC)N(S(=O)(=O)c2c(C)noc2C)C3=N1. The van der Waals surface area contributed by atoms with E-state index in [2.05, 4.69) is 16.2 Å². The molecule has 0 saturated carbocycles. The number of benzene rings is 2. The van der Waals surface area contributed by atoms with E-state index in [9.17, 15) is 28.1 Å². The lowest BCUT2D eigenvalue weighted by Gasteiger charge is -2.40. The van der Waals surface area contributed by atoms with E-state index in [1.807, 2.05) is 11.0 Å². The van der Waals surface area contributed by atoms with E-state index >= 15 is 0 Å². The van der Waals surface area contributed by atoms with Crippen LogP contribution in [0.1, 0.15) is 48.4 Å². The van der Waals surface area contributed by atoms with Crippen LogP contribution in [0.3, 0.4) is 0 Å². The molecule has 1 fully saturated rings. The highest BCUT2D eigenvalue weighted by molar-refractivity contribution is 7.89. The number of esters is 3. The number of carbonyl (C=O) groups is 3. The van der Waals surface area contributed by atoms with Crippen molar-refractivity contribution in [3.8, 4) is 6.07 Å². The van der Waals surface area contributed by atoms with Gasteiger partial charge in [0.2, 0.25) is 0 Å². The number of aryl methyl sites for hydroxylation is 2. The summed E-state index contributed by atoms with van der Waals surface area (Å²) in [5, 5.41) is 13.2. The van der Waals surface area contributed by atoms with Gasteiger partial charge in [-0.05, 0) is 63.4 Å². The van der Waals surface area contributed by atoms with Gasteiger partial charge < -0.3 is 23.6 Å². The van der Waals surface area contributed by atoms with Crippen LogP contribution < -0.4 is 4.90 Å². The van der Waals surface area contributed by atoms with Gasteiger partial charge in [0.25, 0.3) is 10.0 Å². The maximum absolute atomic E-state index is 14.7. The number of nitrogens with zero attached hydrogens (tertiary/aromatic N) is 5. The van der Waals surface area contributed by atoms with Crippen LogP contribution in [0.4, 0.5) is 5.69 Å². The number of amidine groups is 1. The molecule has 3 aromatic rings. The zero-order valence-corrected chi connectivity index (χ0v) is 28.2. The summed E-state index contributed by atoms with van der Waals surface area (Å²) in [6.07, 6.45) is -0.203. The lowest BCUT2D eigenvalue weighted by atomic mass is 9.69. The zero-order chi connectivity index (χ0) is 35.2. The number of nitriles is 1. The molecule has 0 bridgehead atoms. The Morgan fingerprint density at radius 2 is 1.71 bits per heavy atom. The second-order valence-corrected chi connectivity index (χ2v) is 13.4. The van der Waals surface area contributed by atoms with Crippen LogP contribution in [0.2, 0.25) is 0 Å². The lowest BCUT2D eigenvalue weighted by molar-refractivity contribution is -0.144. The van der Waals surface area contributed by atoms with Crippen molar-refractivity contribution < 1.29 is 41.5 Å². The van der Waals surface area contributed by atoms with Gasteiger partial charge in [-0.1, -0.05) is 35.5 Å². The molecule has 1 unspecified atom stereocenters. The fraction of sp³-hybridized carbons (Fsp3) is 0.353. The van der Waals surface area contributed by atoms with Crippen molar-refractivity contribution in [1.82, 2.24) is 9.46 Å². The first-order chi connectivity index (χ1) is 23.5. The fourth-order valence-corrected chi connectivity index (χ4v) is 9.09. The predicted octanol–water partition coefficient (Wildman–Crippen LogP) is 3.22. The third-order valence-electron chi connectivity index (χ3n) is 8.98. The van der Waals surface area contributed by atoms with Crippen molar-refractivity contribution in [1.29, 1.82) is 5.26 Å². The average Bonchev–Trinajstić information content (AvgIpc) is 3.72. The van der Waals surface area contributed by atoms with Crippen LogP contribution in [-0.4, -0.2) is 74.0 Å². The molecule has 3 aliphatic rings. The summed E-state index contributed by atoms with van der Waals surface area (Å²) in [5.74, 6) is -2.88. The molecule has 6 rings (SSSR count). The number of anilines is 1. The van der Waals surface area contributed by atoms with Crippen LogP contribution in [0.15, 0.2) is 74.2 Å². The smallest absolute Gasteiger partial charge is 0.357 e. The van der Waals surface area contributed by atoms with E-state index in [0.717, 1.165) is 17.0 Å². The number of rotatable bonds is 9. The van der Waals surface area contributed by atoms with Crippen LogP contribution in [0, 0.1) is 25.2 Å². The minimum atomic E-state index is -4.67. The largest absolute Gasteiger partial charge is 0.467 e. The van der Waals surface area contributed by atoms with Gasteiger partial charge in [0.1, 0.15) is 17.6 Å². The standard InChI is InChI=1S/C34H33N5O9S/c1-6-46-31(41)26-27(32(42)47-7-2)36-33-34(16-25(30(40)45-5)39(33)49(43,44)28-19(3)37-48-20(28)4)23-10-8-9-11-24(23)38(29(26)34)18-22-14-12-21(17-35)13-15-22/h8-15,25,29H,6-7,16,18H2,1-5H3/t25-,29?,34-/m0/s1. The van der Waals surface area contributed by atoms with Gasteiger partial charge in [0.05, 0.1) is 49.0 Å². The summed E-state index contributed by atoms with van der Waals surface area (Å²) in [4.78, 5) is 47.7. The minimum absolute atomic E-state index is 0.0161. The number of hydrogen-bond acceptors (Lipinski definition) is 13. The molecule has 1 spiro atoms. The van der Waals surface area contributed by atoms with Gasteiger partial charge in [-0.15, -0.1) is 0 Å². The van der Waals surface area contributed by atoms with Crippen LogP contribution in [-0.2, 0) is 50.6 Å². The Morgan fingerprint density at radius 3 is 2.33 bits per heavy atom. The summed E-state index contributed by atoms with van der Waals surface area (Å²) in [6, 6.07) is 13.5. The van der Waals surface area contributed by atoms with Crippen molar-refractivity contribution in [3.05, 3.63) is 87.9 Å². The number of hydrogen-bond donors (Lipinski definition) is 0. The molecule has 15 heteroatoms. The average molecular weight is 688 g/mol. The summed E-state index contributed by atoms with van der Waals surface area (Å²) >= 11 is 0. The second kappa shape index (κ2) is 12.5. The number of aliphatic imine (C=N–C) groups is 1. The van der Waals surface area contributed by atoms with E-state index in [0.29, 0.717) is 16.8 Å². The summed E-state index contributed by atoms with van der Waals surface area (Å²) in [6.45, 7) is 6.15. The van der Waals surface area contributed by atoms with Gasteiger partial charge in [0.15, 0.2) is 16.4 Å². The van der Waals surface area contributed by atoms with Crippen molar-refractivity contribution in [2.24, 2.45) is 4.99 Å². The molecule has 2 aromatic carbocycles. The first kappa shape index (κ1) is 33.4. The maximum Gasteiger partial charge on any atom is 0.357 e. The van der Waals surface area contributed by atoms with Crippen LogP contribution in [0.25, 0.3) is 0 Å². The first-order valence-electron chi connectivity index (χ1n) is 15.5. The fourth-order valence-electron chi connectivity index (χ4n) is 7.16. The Bertz CT molecular complexity index is 2060. The summed E-state index contributed by atoms with van der Waals surface area (Å²) < 4.78 is 51.7. The maximum atomic E-state index is 14.7. The van der Waals surface area contributed by atoms with Gasteiger partial charge >= 0.3 is 17.9 Å². The Balaban J connectivity index is 1.70. The molecule has 1 aromatic heterocycles. The molecule has 0 amide bonds. The Hall–Kier alpha value is -5.49. The van der Waals surface area contributed by atoms with Crippen molar-refractivity contribution in [3.63, 3.8) is 0 Å². The van der Waals surface area contributed by atoms with Crippen molar-refractivity contribution in [2.75, 3.05) is 25.2 Å². The van der Waals surface area contributed by atoms with E-state index < -0.39 is 51.1 Å². The Morgan fingerprint density at radius 1 is 1.04 bits per heavy atom. The molecule has 14 nitrogen and oxygen atoms in total. The van der Waals surface area contributed by atoms with Crippen molar-refractivity contribution in [2.45, 2.75) is 63.1 Å². The summed E-state index contributed by atoms with van der Waals surface area (Å²) in [5.41, 5.74) is 0.344. The first-order valence-corrected chi connectivity index (χ1v) is 17.0. The Kier molecular flexibility index (Phi) is 8.53. The molecule has 4 heterocycles. The van der Waals surface area contributed by atoms with Crippen molar-refractivity contribution >= 4 is 39.5 Å². The number of methoxy groups -OCH3 is 1. The number of sulfonamides is 1. The van der Waals surface area contributed by atoms with E-state index in [1.165, 1.54) is 13.8 Å². The molecule has 254 valence electrons. The topological polar surface area (TPSA) is 182 Å². The monoisotopic (exact) mass is 687 g/mol. The van der Waals surface area contributed by atoms with Gasteiger partial charge in [-0.25, -0.2) is 32.1 Å². The molecule has 0 aliphatic carbocycles. The number of carbonyl (C=O) groups excluding carboxylic acids is 3. The number of aromatic nitrogens is 1. The van der Waals surface area contributed by atoms with Gasteiger partial charge in [-0.3, -0.25) is 0 Å². The second-order valence-electron chi connectivity index (χ2n) is 11.7. The number of para-hydroxylation sites is 1. The highest BCUT2D eigenvalue weighted by Crippen LogP contribution is 2.59. The highest BCUT2D eigenvalue weighted by atomic mass is 32.2. The van der Waals surface area contributed by atoms with Gasteiger partial charge in [-0.2, -0.15) is 5.26 Å². The molecule has 49 heavy (non-hydrogen) atoms. The third kappa shape index (κ3) is 5.05. The van der Waals surface area contributed by atoms with Gasteiger partial charge in [0, 0.05) is 12.2 Å². The normalized spacial score (nSPS) is 20.9. The molecule has 0 N–H and O–H groups in total. The predicted molar refractivity (Wildman–Crippen MR) is 172 cm³/mol. The highest BCUT2D eigenvalue weighted by Gasteiger charge is 2.69. The molecule has 3 atom stereocenters. The molecule has 1 saturated heterocycles. The van der Waals surface area contributed by atoms with Crippen LogP contribution in [0.5, 0.6) is 0 Å². The zero-order valence-electron chi connectivity index (χ0n) is 27.4. The molecule has 0 radical (unpaired) electrons. The van der Waals surface area contributed by atoms with E-state index in [4.69, 9.17) is 18.7 Å². The minimum Gasteiger partial charge on any atom is -0.467 e. The lowest BCUT2D eigenvalue weighted by Crippen LogP contribution is -2.55. The Labute approximate surface area is 282 Å². The molecular weight excluding hydrogens is 654 g/mol. The molecular formula is C34H33N5O9S. The van der Waals surface area contributed by atoms with Crippen LogP contribution >= 0.6 is 0 Å². The van der Waals surface area contributed by atoms with E-state index in [1.54, 1.807) is 56.3 Å². The summed E-state index contributed by atoms with van der Waals surface area (Å²) in [7, 11) is -3.52. The number of ether oxygens (including phenoxy) is 3.